The van der Waals surface area contributed by atoms with E-state index in [-0.39, 0.29) is 23.6 Å². The van der Waals surface area contributed by atoms with Crippen LogP contribution >= 0.6 is 39.1 Å². The zero-order valence-electron chi connectivity index (χ0n) is 16.8. The Morgan fingerprint density at radius 3 is 2.59 bits per heavy atom. The topological polar surface area (TPSA) is 105 Å². The molecule has 0 aliphatic carbocycles. The summed E-state index contributed by atoms with van der Waals surface area (Å²) in [5, 5.41) is 4.17. The molecule has 2 aromatic rings. The summed E-state index contributed by atoms with van der Waals surface area (Å²) in [6, 6.07) is 9.57. The van der Waals surface area contributed by atoms with Crippen molar-refractivity contribution in [2.75, 3.05) is 18.5 Å². The van der Waals surface area contributed by atoms with Gasteiger partial charge in [0.2, 0.25) is 5.91 Å². The molecule has 1 aliphatic heterocycles. The van der Waals surface area contributed by atoms with Crippen LogP contribution in [-0.4, -0.2) is 41.9 Å². The summed E-state index contributed by atoms with van der Waals surface area (Å²) < 4.78 is 5.95. The number of ether oxygens (including phenoxy) is 1. The number of benzene rings is 2. The number of hydrogen-bond donors (Lipinski definition) is 2. The smallest absolute Gasteiger partial charge is 0.311 e. The third-order valence-electron chi connectivity index (χ3n) is 4.66. The lowest BCUT2D eigenvalue weighted by Crippen LogP contribution is -2.43. The Balaban J connectivity index is 1.49. The fraction of sp³-hybridized carbons (Fsp3) is 0.238. The maximum absolute atomic E-state index is 12.3. The van der Waals surface area contributed by atoms with Crippen molar-refractivity contribution in [3.63, 3.8) is 0 Å². The predicted octanol–water partition coefficient (Wildman–Crippen LogP) is 3.74. The minimum Gasteiger partial charge on any atom is -0.455 e. The average Bonchev–Trinajstić information content (AvgIpc) is 3.11. The van der Waals surface area contributed by atoms with Crippen molar-refractivity contribution in [1.29, 1.82) is 0 Å². The second-order valence-corrected chi connectivity index (χ2v) is 8.76. The summed E-state index contributed by atoms with van der Waals surface area (Å²) in [5.41, 5.74) is 4.15. The summed E-state index contributed by atoms with van der Waals surface area (Å²) in [4.78, 5) is 48.9. The quantitative estimate of drug-likeness (QED) is 0.541. The van der Waals surface area contributed by atoms with Crippen molar-refractivity contribution in [3.05, 3.63) is 62.0 Å². The van der Waals surface area contributed by atoms with Crippen LogP contribution in [-0.2, 0) is 19.1 Å². The number of carbonyl (C=O) groups excluding carboxylic acids is 4. The lowest BCUT2D eigenvalue weighted by atomic mass is 10.1. The number of amides is 3. The minimum absolute atomic E-state index is 0.0712. The Hall–Kier alpha value is -2.62. The number of nitrogens with one attached hydrogen (secondary N) is 2. The van der Waals surface area contributed by atoms with Gasteiger partial charge in [-0.25, -0.2) is 0 Å². The largest absolute Gasteiger partial charge is 0.455 e. The molecule has 1 heterocycles. The molecule has 0 unspecified atom stereocenters. The van der Waals surface area contributed by atoms with E-state index in [0.717, 1.165) is 15.0 Å². The highest BCUT2D eigenvalue weighted by Gasteiger charge is 2.36. The third-order valence-corrected chi connectivity index (χ3v) is 6.29. The van der Waals surface area contributed by atoms with Crippen LogP contribution in [0.3, 0.4) is 0 Å². The first-order chi connectivity index (χ1) is 15.1. The molecule has 0 aromatic heterocycles. The molecule has 1 fully saturated rings. The maximum atomic E-state index is 12.3. The molecule has 1 aliphatic rings. The zero-order valence-corrected chi connectivity index (χ0v) is 19.9. The van der Waals surface area contributed by atoms with Gasteiger partial charge in [0.1, 0.15) is 0 Å². The van der Waals surface area contributed by atoms with Crippen LogP contribution in [0.15, 0.2) is 40.9 Å². The Morgan fingerprint density at radius 1 is 1.16 bits per heavy atom. The Kier molecular flexibility index (Phi) is 7.76. The lowest BCUT2D eigenvalue weighted by molar-refractivity contribution is -0.151. The molecule has 32 heavy (non-hydrogen) atoms. The van der Waals surface area contributed by atoms with Crippen molar-refractivity contribution in [1.82, 2.24) is 10.4 Å². The summed E-state index contributed by atoms with van der Waals surface area (Å²) >= 11 is 15.1. The summed E-state index contributed by atoms with van der Waals surface area (Å²) in [6.07, 6.45) is -0.145. The number of rotatable bonds is 6. The number of anilines is 1. The van der Waals surface area contributed by atoms with Gasteiger partial charge in [0.05, 0.1) is 22.5 Å². The van der Waals surface area contributed by atoms with Gasteiger partial charge in [-0.3, -0.25) is 29.6 Å². The molecule has 3 amide bonds. The molecular weight excluding hydrogens is 525 g/mol. The van der Waals surface area contributed by atoms with E-state index in [1.165, 1.54) is 18.2 Å². The number of carbonyl (C=O) groups is 4. The van der Waals surface area contributed by atoms with Crippen LogP contribution in [0, 0.1) is 12.8 Å². The van der Waals surface area contributed by atoms with E-state index < -0.39 is 36.2 Å². The third kappa shape index (κ3) is 5.99. The van der Waals surface area contributed by atoms with E-state index in [1.54, 1.807) is 18.2 Å². The van der Waals surface area contributed by atoms with Crippen molar-refractivity contribution in [2.45, 2.75) is 13.3 Å². The van der Waals surface area contributed by atoms with Gasteiger partial charge < -0.3 is 10.1 Å². The van der Waals surface area contributed by atoms with Crippen LogP contribution in [0.4, 0.5) is 5.69 Å². The first-order valence-electron chi connectivity index (χ1n) is 9.43. The van der Waals surface area contributed by atoms with Gasteiger partial charge in [0.15, 0.2) is 6.61 Å². The Morgan fingerprint density at radius 2 is 1.91 bits per heavy atom. The van der Waals surface area contributed by atoms with Gasteiger partial charge in [-0.15, -0.1) is 0 Å². The monoisotopic (exact) mass is 541 g/mol. The molecule has 11 heteroatoms. The second-order valence-electron chi connectivity index (χ2n) is 7.10. The Bertz CT molecular complexity index is 1100. The number of aryl methyl sites for hydroxylation is 1. The van der Waals surface area contributed by atoms with Gasteiger partial charge in [-0.1, -0.05) is 39.1 Å². The van der Waals surface area contributed by atoms with Gasteiger partial charge in [-0.05, 0) is 48.9 Å². The minimum atomic E-state index is -0.806. The average molecular weight is 543 g/mol. The molecular formula is C21H18BrCl2N3O5. The molecule has 0 spiro atoms. The second kappa shape index (κ2) is 10.3. The van der Waals surface area contributed by atoms with E-state index in [4.69, 9.17) is 27.9 Å². The molecule has 1 atom stereocenters. The van der Waals surface area contributed by atoms with Crippen LogP contribution in [0.2, 0.25) is 10.0 Å². The highest BCUT2D eigenvalue weighted by Crippen LogP contribution is 2.23. The van der Waals surface area contributed by atoms with Crippen LogP contribution < -0.4 is 10.7 Å². The van der Waals surface area contributed by atoms with E-state index >= 15 is 0 Å². The maximum Gasteiger partial charge on any atom is 0.311 e. The van der Waals surface area contributed by atoms with Crippen LogP contribution in [0.1, 0.15) is 22.3 Å². The van der Waals surface area contributed by atoms with Gasteiger partial charge in [0.25, 0.3) is 11.8 Å². The zero-order chi connectivity index (χ0) is 23.4. The SMILES string of the molecule is Cc1cc(NC(=O)COC(=O)[C@@H]2CC(=O)N(NC(=O)c3ccc(Cl)c(Cl)c3)C2)ccc1Br. The molecule has 0 saturated carbocycles. The standard InChI is InChI=1S/C21H18BrCl2N3O5/c1-11-6-14(3-4-15(11)22)25-18(28)10-32-21(31)13-8-19(29)27(9-13)26-20(30)12-2-5-16(23)17(24)7-12/h2-7,13H,8-10H2,1H3,(H,25,28)(H,26,30)/t13-/m1/s1. The first kappa shape index (κ1) is 24.0. The predicted molar refractivity (Wildman–Crippen MR) is 122 cm³/mol. The van der Waals surface area contributed by atoms with Gasteiger partial charge >= 0.3 is 5.97 Å². The van der Waals surface area contributed by atoms with Gasteiger partial charge in [0, 0.05) is 22.1 Å². The van der Waals surface area contributed by atoms with E-state index in [1.807, 2.05) is 6.92 Å². The highest BCUT2D eigenvalue weighted by molar-refractivity contribution is 9.10. The number of nitrogens with zero attached hydrogens (tertiary/aromatic N) is 1. The molecule has 0 radical (unpaired) electrons. The Labute approximate surface area is 202 Å². The van der Waals surface area contributed by atoms with Crippen molar-refractivity contribution >= 4 is 68.5 Å². The number of hydrazine groups is 1. The summed E-state index contributed by atoms with van der Waals surface area (Å²) in [5.74, 6) is -3.04. The van der Waals surface area contributed by atoms with E-state index in [0.29, 0.717) is 10.7 Å². The van der Waals surface area contributed by atoms with E-state index in [2.05, 4.69) is 26.7 Å². The first-order valence-corrected chi connectivity index (χ1v) is 11.0. The summed E-state index contributed by atoms with van der Waals surface area (Å²) in [6.45, 7) is 1.31. The van der Waals surface area contributed by atoms with Crippen molar-refractivity contribution in [3.8, 4) is 0 Å². The van der Waals surface area contributed by atoms with Crippen LogP contribution in [0.25, 0.3) is 0 Å². The molecule has 168 valence electrons. The van der Waals surface area contributed by atoms with Crippen LogP contribution in [0.5, 0.6) is 0 Å². The lowest BCUT2D eigenvalue weighted by Gasteiger charge is -2.17. The molecule has 2 N–H and O–H groups in total. The normalized spacial score (nSPS) is 15.4. The molecule has 2 aromatic carbocycles. The fourth-order valence-corrected chi connectivity index (χ4v) is 3.52. The number of halogens is 3. The molecule has 8 nitrogen and oxygen atoms in total. The fourth-order valence-electron chi connectivity index (χ4n) is 2.97. The number of esters is 1. The highest BCUT2D eigenvalue weighted by atomic mass is 79.9. The van der Waals surface area contributed by atoms with Gasteiger partial charge in [-0.2, -0.15) is 0 Å². The molecule has 0 bridgehead atoms. The summed E-state index contributed by atoms with van der Waals surface area (Å²) in [7, 11) is 0. The van der Waals surface area contributed by atoms with Crippen molar-refractivity contribution in [2.24, 2.45) is 5.92 Å². The molecule has 3 rings (SSSR count). The van der Waals surface area contributed by atoms with Crippen molar-refractivity contribution < 1.29 is 23.9 Å². The number of hydrogen-bond acceptors (Lipinski definition) is 5. The molecule has 1 saturated heterocycles. The van der Waals surface area contributed by atoms with E-state index in [9.17, 15) is 19.2 Å².